The van der Waals surface area contributed by atoms with E-state index in [4.69, 9.17) is 9.97 Å². The molecule has 1 aliphatic carbocycles. The van der Waals surface area contributed by atoms with Crippen molar-refractivity contribution in [3.8, 4) is 0 Å². The molecule has 4 aromatic rings. The Morgan fingerprint density at radius 1 is 0.964 bits per heavy atom. The Balaban J connectivity index is 0.804. The van der Waals surface area contributed by atoms with Crippen molar-refractivity contribution in [2.45, 2.75) is 97.1 Å². The first kappa shape index (κ1) is 38.3. The molecule has 2 amide bonds. The molecular weight excluding hydrogens is 695 g/mol. The van der Waals surface area contributed by atoms with Gasteiger partial charge in [0.05, 0.1) is 17.4 Å². The quantitative estimate of drug-likeness (QED) is 0.0923. The third-order valence-corrected chi connectivity index (χ3v) is 11.4. The molecule has 0 spiro atoms. The number of carbonyl (C=O) groups excluding carboxylic acids is 2. The maximum atomic E-state index is 15.4. The van der Waals surface area contributed by atoms with Crippen molar-refractivity contribution in [2.24, 2.45) is 0 Å². The second-order valence-electron chi connectivity index (χ2n) is 15.4. The van der Waals surface area contributed by atoms with E-state index in [1.807, 2.05) is 31.5 Å². The van der Waals surface area contributed by atoms with E-state index < -0.39 is 6.97 Å². The molecule has 0 fully saturated rings. The summed E-state index contributed by atoms with van der Waals surface area (Å²) in [6.07, 6.45) is 17.3. The largest absolute Gasteiger partial charge is 0.737 e. The second-order valence-corrected chi connectivity index (χ2v) is 15.4. The summed E-state index contributed by atoms with van der Waals surface area (Å²) in [5.74, 6) is -0.0605. The van der Waals surface area contributed by atoms with E-state index in [0.29, 0.717) is 43.0 Å². The number of pyridine rings is 2. The average molecular weight is 748 g/mol. The number of nitrogens with zero attached hydrogens (tertiary/aromatic N) is 5. The standard InChI is InChI=1S/C43H52BF2N7O2/c1-30-24-31(2)53-40(30)26-35-25-32(28-52(35)44(53,45)46)19-20-42(55)47-21-8-4-5-18-41(54)48-22-11-16-37-36-15-7-6-12-34(36)27-50-38(37)29-51(3)39-17-9-13-33-14-10-23-49-43(33)39/h6-7,10,12,14-15,23-28,39H,4-5,8-9,11,13,16-22,29H2,1-3H3,(H,47,55)(H,48,54)/t39-/m0/s1. The number of hydrogen-bond acceptors (Lipinski definition) is 5. The van der Waals surface area contributed by atoms with Crippen LogP contribution in [0, 0.1) is 13.8 Å². The summed E-state index contributed by atoms with van der Waals surface area (Å²) >= 11 is 0. The van der Waals surface area contributed by atoms with Crippen LogP contribution in [0.3, 0.4) is 0 Å². The van der Waals surface area contributed by atoms with Gasteiger partial charge in [-0.15, -0.1) is 0 Å². The van der Waals surface area contributed by atoms with Crippen LogP contribution in [-0.4, -0.2) is 69.0 Å². The molecule has 3 aliphatic rings. The van der Waals surface area contributed by atoms with Gasteiger partial charge in [-0.1, -0.05) is 36.8 Å². The fourth-order valence-corrected chi connectivity index (χ4v) is 8.56. The Bertz CT molecular complexity index is 2170. The first-order chi connectivity index (χ1) is 26.6. The minimum absolute atomic E-state index is 0.0426. The SMILES string of the molecule is Cc1cc(C)n2c1C=C1C=C(CCC(=O)NCCCCCC(=O)NCCCc3c(CN(C)[C@H]4CCCc5cccnc54)ncc4ccccc34)C=[N+]1[B-]2(F)F. The maximum absolute atomic E-state index is 15.4. The normalized spacial score (nSPS) is 16.9. The minimum Gasteiger partial charge on any atom is -0.394 e. The number of allylic oxidation sites excluding steroid dienone is 2. The summed E-state index contributed by atoms with van der Waals surface area (Å²) < 4.78 is 32.9. The molecule has 0 saturated carbocycles. The third-order valence-electron chi connectivity index (χ3n) is 11.4. The molecule has 1 aromatic carbocycles. The number of benzene rings is 1. The molecule has 2 N–H and O–H groups in total. The van der Waals surface area contributed by atoms with Crippen molar-refractivity contribution in [3.63, 3.8) is 0 Å². The number of nitrogens with one attached hydrogen (secondary N) is 2. The molecule has 12 heteroatoms. The van der Waals surface area contributed by atoms with Gasteiger partial charge in [0.1, 0.15) is 6.21 Å². The molecule has 7 rings (SSSR count). The lowest BCUT2D eigenvalue weighted by molar-refractivity contribution is -0.356. The molecular formula is C43H52BF2N7O2. The van der Waals surface area contributed by atoms with Crippen LogP contribution < -0.4 is 10.6 Å². The number of amides is 2. The number of carbonyl (C=O) groups is 2. The number of rotatable bonds is 16. The molecule has 1 atom stereocenters. The number of aromatic nitrogens is 3. The molecule has 288 valence electrons. The predicted molar refractivity (Wildman–Crippen MR) is 215 cm³/mol. The van der Waals surface area contributed by atoms with Crippen molar-refractivity contribution >= 4 is 41.8 Å². The fourth-order valence-electron chi connectivity index (χ4n) is 8.56. The first-order valence-electron chi connectivity index (χ1n) is 19.9. The highest BCUT2D eigenvalue weighted by atomic mass is 19.2. The molecule has 3 aromatic heterocycles. The molecule has 0 saturated heterocycles. The minimum atomic E-state index is -3.97. The van der Waals surface area contributed by atoms with Crippen molar-refractivity contribution in [2.75, 3.05) is 20.1 Å². The third kappa shape index (κ3) is 8.49. The van der Waals surface area contributed by atoms with Crippen LogP contribution in [0.2, 0.25) is 0 Å². The van der Waals surface area contributed by atoms with Gasteiger partial charge < -0.3 is 28.2 Å². The van der Waals surface area contributed by atoms with Crippen molar-refractivity contribution in [3.05, 3.63) is 112 Å². The van der Waals surface area contributed by atoms with Gasteiger partial charge in [0.15, 0.2) is 5.70 Å². The molecule has 0 unspecified atom stereocenters. The molecule has 55 heavy (non-hydrogen) atoms. The summed E-state index contributed by atoms with van der Waals surface area (Å²) in [7, 11) is 2.17. The lowest BCUT2D eigenvalue weighted by atomic mass is 9.90. The van der Waals surface area contributed by atoms with Gasteiger partial charge in [-0.3, -0.25) is 24.5 Å². The van der Waals surface area contributed by atoms with Crippen LogP contribution in [0.4, 0.5) is 8.63 Å². The number of fused-ring (bicyclic) bond motifs is 4. The van der Waals surface area contributed by atoms with Crippen LogP contribution >= 0.6 is 0 Å². The highest BCUT2D eigenvalue weighted by molar-refractivity contribution is 6.57. The van der Waals surface area contributed by atoms with Gasteiger partial charge in [0.2, 0.25) is 11.8 Å². The Kier molecular flexibility index (Phi) is 11.7. The van der Waals surface area contributed by atoms with Gasteiger partial charge in [-0.25, -0.2) is 0 Å². The maximum Gasteiger partial charge on any atom is 0.737 e. The molecule has 0 bridgehead atoms. The summed E-state index contributed by atoms with van der Waals surface area (Å²) in [6, 6.07) is 14.7. The highest BCUT2D eigenvalue weighted by Gasteiger charge is 2.51. The van der Waals surface area contributed by atoms with Gasteiger partial charge in [0.25, 0.3) is 0 Å². The molecule has 5 heterocycles. The van der Waals surface area contributed by atoms with Crippen molar-refractivity contribution in [1.29, 1.82) is 0 Å². The Labute approximate surface area is 322 Å². The summed E-state index contributed by atoms with van der Waals surface area (Å²) in [5, 5.41) is 8.38. The monoisotopic (exact) mass is 747 g/mol. The summed E-state index contributed by atoms with van der Waals surface area (Å²) in [6.45, 7) is 1.43. The van der Waals surface area contributed by atoms with Crippen LogP contribution in [0.5, 0.6) is 0 Å². The first-order valence-corrected chi connectivity index (χ1v) is 19.9. The fraction of sp³-hybridized carbons (Fsp3) is 0.419. The van der Waals surface area contributed by atoms with E-state index in [-0.39, 0.29) is 24.3 Å². The van der Waals surface area contributed by atoms with E-state index in [1.54, 1.807) is 25.1 Å². The Morgan fingerprint density at radius 2 is 1.76 bits per heavy atom. The van der Waals surface area contributed by atoms with Crippen molar-refractivity contribution < 1.29 is 22.7 Å². The number of halogens is 2. The van der Waals surface area contributed by atoms with Crippen molar-refractivity contribution in [1.82, 2.24) is 30.0 Å². The zero-order chi connectivity index (χ0) is 38.5. The molecule has 9 nitrogen and oxygen atoms in total. The Morgan fingerprint density at radius 3 is 2.62 bits per heavy atom. The number of hydrogen-bond donors (Lipinski definition) is 2. The Hall–Kier alpha value is -4.97. The average Bonchev–Trinajstić information content (AvgIpc) is 3.74. The van der Waals surface area contributed by atoms with Gasteiger partial charge in [-0.05, 0) is 112 Å². The van der Waals surface area contributed by atoms with Crippen LogP contribution in [0.1, 0.15) is 103 Å². The van der Waals surface area contributed by atoms with Gasteiger partial charge >= 0.3 is 6.97 Å². The number of unbranched alkanes of at least 4 members (excludes halogenated alkanes) is 2. The highest BCUT2D eigenvalue weighted by Crippen LogP contribution is 2.35. The summed E-state index contributed by atoms with van der Waals surface area (Å²) in [5.41, 5.74) is 7.94. The zero-order valence-electron chi connectivity index (χ0n) is 32.3. The van der Waals surface area contributed by atoms with E-state index >= 15 is 8.63 Å². The van der Waals surface area contributed by atoms with Crippen LogP contribution in [0.25, 0.3) is 16.8 Å². The summed E-state index contributed by atoms with van der Waals surface area (Å²) in [4.78, 5) is 37.3. The van der Waals surface area contributed by atoms with E-state index in [2.05, 4.69) is 46.8 Å². The van der Waals surface area contributed by atoms with E-state index in [1.165, 1.54) is 28.4 Å². The molecule has 2 aliphatic heterocycles. The topological polar surface area (TPSA) is 95.2 Å². The van der Waals surface area contributed by atoms with E-state index in [9.17, 15) is 9.59 Å². The zero-order valence-corrected chi connectivity index (χ0v) is 32.3. The van der Waals surface area contributed by atoms with Crippen LogP contribution in [0.15, 0.2) is 72.2 Å². The molecule has 0 radical (unpaired) electrons. The van der Waals surface area contributed by atoms with Gasteiger partial charge in [0, 0.05) is 73.7 Å². The lowest BCUT2D eigenvalue weighted by Crippen LogP contribution is -2.49. The van der Waals surface area contributed by atoms with Crippen LogP contribution in [-0.2, 0) is 29.0 Å². The van der Waals surface area contributed by atoms with E-state index in [0.717, 1.165) is 89.1 Å². The smallest absolute Gasteiger partial charge is 0.394 e. The predicted octanol–water partition coefficient (Wildman–Crippen LogP) is 7.36. The van der Waals surface area contributed by atoms with Gasteiger partial charge in [-0.2, -0.15) is 0 Å². The second kappa shape index (κ2) is 16.8. The number of aryl methyl sites for hydroxylation is 4. The lowest BCUT2D eigenvalue weighted by Gasteiger charge is -2.32.